The van der Waals surface area contributed by atoms with Crippen LogP contribution in [0.4, 0.5) is 0 Å². The fourth-order valence-electron chi connectivity index (χ4n) is 3.45. The Morgan fingerprint density at radius 3 is 1.62 bits per heavy atom. The first kappa shape index (κ1) is 23.0. The minimum atomic E-state index is -0.658. The lowest BCUT2D eigenvalue weighted by Gasteiger charge is -2.14. The first-order valence-corrected chi connectivity index (χ1v) is 11.1. The third kappa shape index (κ3) is 12.3. The Morgan fingerprint density at radius 1 is 0.808 bits per heavy atom. The predicted octanol–water partition coefficient (Wildman–Crippen LogP) is 6.03. The molecule has 1 aliphatic rings. The van der Waals surface area contributed by atoms with Crippen molar-refractivity contribution >= 4 is 12.4 Å². The van der Waals surface area contributed by atoms with Crippen LogP contribution in [-0.4, -0.2) is 18.1 Å². The molecule has 0 aliphatic heterocycles. The molecule has 0 aromatic carbocycles. The molecule has 1 fully saturated rings. The molecule has 0 bridgehead atoms. The van der Waals surface area contributed by atoms with Crippen LogP contribution in [0, 0.1) is 0 Å². The summed E-state index contributed by atoms with van der Waals surface area (Å²) >= 11 is 0. The van der Waals surface area contributed by atoms with Crippen LogP contribution in [0.2, 0.25) is 0 Å². The first-order chi connectivity index (χ1) is 12.7. The van der Waals surface area contributed by atoms with Gasteiger partial charge in [-0.2, -0.15) is 0 Å². The molecule has 1 rings (SSSR count). The highest BCUT2D eigenvalue weighted by molar-refractivity contribution is 5.77. The minimum absolute atomic E-state index is 0.0130. The summed E-state index contributed by atoms with van der Waals surface area (Å²) in [4.78, 5) is 22.2. The van der Waals surface area contributed by atoms with Crippen LogP contribution >= 0.6 is 0 Å². The van der Waals surface area contributed by atoms with Gasteiger partial charge in [0, 0.05) is 19.3 Å². The quantitative estimate of drug-likeness (QED) is 0.172. The SMILES string of the molecule is CCCCCCCCCCCCCCCCCC(=O)NC1(OC=O)CC1. The molecule has 1 amide bonds. The molecule has 0 spiro atoms. The lowest BCUT2D eigenvalue weighted by molar-refractivity contribution is -0.140. The van der Waals surface area contributed by atoms with Gasteiger partial charge >= 0.3 is 0 Å². The van der Waals surface area contributed by atoms with Crippen molar-refractivity contribution < 1.29 is 14.3 Å². The average molecular weight is 368 g/mol. The summed E-state index contributed by atoms with van der Waals surface area (Å²) in [6.07, 6.45) is 21.9. The van der Waals surface area contributed by atoms with E-state index in [1.165, 1.54) is 83.5 Å². The molecule has 1 saturated carbocycles. The lowest BCUT2D eigenvalue weighted by Crippen LogP contribution is -2.38. The van der Waals surface area contributed by atoms with E-state index in [1.807, 2.05) is 0 Å². The van der Waals surface area contributed by atoms with Crippen LogP contribution in [0.5, 0.6) is 0 Å². The number of carbonyl (C=O) groups excluding carboxylic acids is 2. The summed E-state index contributed by atoms with van der Waals surface area (Å²) in [6, 6.07) is 0. The highest BCUT2D eigenvalue weighted by Crippen LogP contribution is 2.35. The molecule has 4 nitrogen and oxygen atoms in total. The Kier molecular flexibility index (Phi) is 13.3. The monoisotopic (exact) mass is 367 g/mol. The van der Waals surface area contributed by atoms with E-state index in [4.69, 9.17) is 4.74 Å². The van der Waals surface area contributed by atoms with Crippen molar-refractivity contribution in [3.8, 4) is 0 Å². The van der Waals surface area contributed by atoms with Crippen LogP contribution in [0.3, 0.4) is 0 Å². The van der Waals surface area contributed by atoms with E-state index in [1.54, 1.807) is 0 Å². The highest BCUT2D eigenvalue weighted by Gasteiger charge is 2.46. The smallest absolute Gasteiger partial charge is 0.295 e. The number of hydrogen-bond acceptors (Lipinski definition) is 3. The Morgan fingerprint density at radius 2 is 1.23 bits per heavy atom. The molecule has 0 aromatic rings. The van der Waals surface area contributed by atoms with E-state index in [9.17, 15) is 9.59 Å². The second-order valence-corrected chi connectivity index (χ2v) is 7.96. The van der Waals surface area contributed by atoms with Gasteiger partial charge in [-0.25, -0.2) is 0 Å². The standard InChI is InChI=1S/C22H41NO3/c1-2-3-4-5-6-7-8-9-10-11-12-13-14-15-16-17-21(25)23-22(18-19-22)26-20-24/h20H,2-19H2,1H3,(H,23,25). The molecule has 0 atom stereocenters. The molecule has 1 aliphatic carbocycles. The van der Waals surface area contributed by atoms with Crippen molar-refractivity contribution in [2.45, 2.75) is 128 Å². The maximum absolute atomic E-state index is 11.8. The van der Waals surface area contributed by atoms with Gasteiger partial charge in [0.15, 0.2) is 5.72 Å². The summed E-state index contributed by atoms with van der Waals surface area (Å²) in [5, 5.41) is 2.83. The molecule has 4 heteroatoms. The van der Waals surface area contributed by atoms with Crippen molar-refractivity contribution in [3.63, 3.8) is 0 Å². The normalized spacial score (nSPS) is 14.8. The number of amides is 1. The Hall–Kier alpha value is -1.06. The second kappa shape index (κ2) is 15.0. The summed E-state index contributed by atoms with van der Waals surface area (Å²) < 4.78 is 4.93. The van der Waals surface area contributed by atoms with Crippen LogP contribution in [0.1, 0.15) is 122 Å². The van der Waals surface area contributed by atoms with E-state index in [2.05, 4.69) is 12.2 Å². The number of ether oxygens (including phenoxy) is 1. The van der Waals surface area contributed by atoms with E-state index >= 15 is 0 Å². The molecule has 26 heavy (non-hydrogen) atoms. The van der Waals surface area contributed by atoms with Crippen molar-refractivity contribution in [3.05, 3.63) is 0 Å². The maximum atomic E-state index is 11.8. The molecule has 1 N–H and O–H groups in total. The molecule has 0 saturated heterocycles. The van der Waals surface area contributed by atoms with Gasteiger partial charge in [0.2, 0.25) is 5.91 Å². The number of hydrogen-bond donors (Lipinski definition) is 1. The fraction of sp³-hybridized carbons (Fsp3) is 0.909. The first-order valence-electron chi connectivity index (χ1n) is 11.1. The number of unbranched alkanes of at least 4 members (excludes halogenated alkanes) is 14. The van der Waals surface area contributed by atoms with Gasteiger partial charge in [-0.05, 0) is 6.42 Å². The Balaban J connectivity index is 1.76. The predicted molar refractivity (Wildman–Crippen MR) is 107 cm³/mol. The van der Waals surface area contributed by atoms with E-state index < -0.39 is 5.72 Å². The molecule has 0 heterocycles. The molecule has 152 valence electrons. The van der Waals surface area contributed by atoms with Crippen molar-refractivity contribution in [1.29, 1.82) is 0 Å². The van der Waals surface area contributed by atoms with E-state index in [0.717, 1.165) is 25.7 Å². The molecule has 0 unspecified atom stereocenters. The molecule has 0 radical (unpaired) electrons. The Bertz CT molecular complexity index is 366. The third-order valence-electron chi connectivity index (χ3n) is 5.35. The third-order valence-corrected chi connectivity index (χ3v) is 5.35. The fourth-order valence-corrected chi connectivity index (χ4v) is 3.45. The van der Waals surface area contributed by atoms with Crippen LogP contribution in [0.15, 0.2) is 0 Å². The van der Waals surface area contributed by atoms with E-state index in [-0.39, 0.29) is 5.91 Å². The summed E-state index contributed by atoms with van der Waals surface area (Å²) in [5.74, 6) is 0.0130. The highest BCUT2D eigenvalue weighted by atomic mass is 16.6. The van der Waals surface area contributed by atoms with Gasteiger partial charge in [-0.1, -0.05) is 96.8 Å². The zero-order valence-corrected chi connectivity index (χ0v) is 17.0. The zero-order chi connectivity index (χ0) is 18.9. The second-order valence-electron chi connectivity index (χ2n) is 7.96. The maximum Gasteiger partial charge on any atom is 0.295 e. The van der Waals surface area contributed by atoms with Gasteiger partial charge in [0.25, 0.3) is 6.47 Å². The van der Waals surface area contributed by atoms with Gasteiger partial charge in [-0.15, -0.1) is 0 Å². The zero-order valence-electron chi connectivity index (χ0n) is 17.0. The van der Waals surface area contributed by atoms with Crippen molar-refractivity contribution in [1.82, 2.24) is 5.32 Å². The molecular formula is C22H41NO3. The summed E-state index contributed by atoms with van der Waals surface area (Å²) in [5.41, 5.74) is -0.658. The largest absolute Gasteiger partial charge is 0.441 e. The number of carbonyl (C=O) groups is 2. The minimum Gasteiger partial charge on any atom is -0.441 e. The van der Waals surface area contributed by atoms with Crippen molar-refractivity contribution in [2.75, 3.05) is 0 Å². The van der Waals surface area contributed by atoms with Crippen LogP contribution < -0.4 is 5.32 Å². The summed E-state index contributed by atoms with van der Waals surface area (Å²) in [7, 11) is 0. The topological polar surface area (TPSA) is 55.4 Å². The molecule has 0 aromatic heterocycles. The van der Waals surface area contributed by atoms with Crippen molar-refractivity contribution in [2.24, 2.45) is 0 Å². The Labute approximate surface area is 160 Å². The van der Waals surface area contributed by atoms with Gasteiger partial charge in [0.05, 0.1) is 0 Å². The van der Waals surface area contributed by atoms with Crippen LogP contribution in [0.25, 0.3) is 0 Å². The van der Waals surface area contributed by atoms with Gasteiger partial charge in [0.1, 0.15) is 0 Å². The van der Waals surface area contributed by atoms with E-state index in [0.29, 0.717) is 12.9 Å². The number of nitrogens with one attached hydrogen (secondary N) is 1. The number of rotatable bonds is 19. The van der Waals surface area contributed by atoms with Gasteiger partial charge in [-0.3, -0.25) is 9.59 Å². The van der Waals surface area contributed by atoms with Crippen LogP contribution in [-0.2, 0) is 14.3 Å². The lowest BCUT2D eigenvalue weighted by atomic mass is 10.0. The molecular weight excluding hydrogens is 326 g/mol. The summed E-state index contributed by atoms with van der Waals surface area (Å²) in [6.45, 7) is 2.70. The van der Waals surface area contributed by atoms with Gasteiger partial charge < -0.3 is 10.1 Å². The average Bonchev–Trinajstić information content (AvgIpc) is 3.37.